The second-order valence-electron chi connectivity index (χ2n) is 3.71. The summed E-state index contributed by atoms with van der Waals surface area (Å²) in [4.78, 5) is 0. The number of hydrogen-bond donors (Lipinski definition) is 0. The van der Waals surface area contributed by atoms with Gasteiger partial charge in [-0.15, -0.1) is 5.10 Å². The lowest BCUT2D eigenvalue weighted by Gasteiger charge is -2.15. The van der Waals surface area contributed by atoms with Crippen molar-refractivity contribution in [3.63, 3.8) is 0 Å². The molecular formula is C11H10BrN5O. The molecule has 18 heavy (non-hydrogen) atoms. The number of ether oxygens (including phenoxy) is 1. The molecule has 0 fully saturated rings. The van der Waals surface area contributed by atoms with Crippen molar-refractivity contribution in [3.8, 4) is 11.8 Å². The van der Waals surface area contributed by atoms with Gasteiger partial charge in [0, 0.05) is 4.47 Å². The number of benzene rings is 1. The van der Waals surface area contributed by atoms with Gasteiger partial charge in [0.1, 0.15) is 24.3 Å². The second kappa shape index (κ2) is 5.60. The minimum atomic E-state index is -0.144. The molecule has 0 radical (unpaired) electrons. The normalized spacial score (nSPS) is 11.8. The van der Waals surface area contributed by atoms with Crippen LogP contribution in [-0.2, 0) is 6.54 Å². The summed E-state index contributed by atoms with van der Waals surface area (Å²) < 4.78 is 8.17. The molecule has 0 aliphatic heterocycles. The molecule has 2 aromatic rings. The van der Waals surface area contributed by atoms with E-state index in [1.807, 2.05) is 6.92 Å². The highest BCUT2D eigenvalue weighted by molar-refractivity contribution is 9.10. The van der Waals surface area contributed by atoms with Crippen molar-refractivity contribution in [3.05, 3.63) is 34.6 Å². The van der Waals surface area contributed by atoms with Crippen molar-refractivity contribution < 1.29 is 4.74 Å². The molecule has 0 aliphatic carbocycles. The fraction of sp³-hybridized carbons (Fsp3) is 0.273. The highest BCUT2D eigenvalue weighted by atomic mass is 79.9. The van der Waals surface area contributed by atoms with E-state index in [1.54, 1.807) is 22.9 Å². The lowest BCUT2D eigenvalue weighted by Crippen LogP contribution is -2.20. The third-order valence-corrected chi connectivity index (χ3v) is 2.72. The second-order valence-corrected chi connectivity index (χ2v) is 4.63. The highest BCUT2D eigenvalue weighted by Gasteiger charge is 2.10. The van der Waals surface area contributed by atoms with Gasteiger partial charge in [-0.3, -0.25) is 0 Å². The van der Waals surface area contributed by atoms with E-state index >= 15 is 0 Å². The Kier molecular flexibility index (Phi) is 3.89. The number of nitriles is 1. The number of hydrogen-bond acceptors (Lipinski definition) is 5. The van der Waals surface area contributed by atoms with Crippen molar-refractivity contribution in [2.45, 2.75) is 19.6 Å². The Morgan fingerprint density at radius 2 is 2.39 bits per heavy atom. The quantitative estimate of drug-likeness (QED) is 0.860. The minimum Gasteiger partial charge on any atom is -0.487 e. The van der Waals surface area contributed by atoms with Gasteiger partial charge < -0.3 is 4.74 Å². The van der Waals surface area contributed by atoms with Gasteiger partial charge in [-0.2, -0.15) is 5.26 Å². The molecule has 0 saturated heterocycles. The Labute approximate surface area is 112 Å². The van der Waals surface area contributed by atoms with Crippen molar-refractivity contribution in [2.75, 3.05) is 0 Å². The van der Waals surface area contributed by atoms with E-state index in [9.17, 15) is 0 Å². The predicted octanol–water partition coefficient (Wildman–Crippen LogP) is 1.77. The number of aromatic nitrogens is 4. The van der Waals surface area contributed by atoms with Gasteiger partial charge in [-0.1, -0.05) is 15.9 Å². The maximum atomic E-state index is 9.00. The van der Waals surface area contributed by atoms with Crippen LogP contribution in [0.25, 0.3) is 0 Å². The first kappa shape index (κ1) is 12.5. The molecule has 0 spiro atoms. The van der Waals surface area contributed by atoms with Gasteiger partial charge in [0.2, 0.25) is 0 Å². The number of halogens is 1. The summed E-state index contributed by atoms with van der Waals surface area (Å²) in [5.41, 5.74) is 0.502. The van der Waals surface area contributed by atoms with Gasteiger partial charge >= 0.3 is 0 Å². The van der Waals surface area contributed by atoms with E-state index in [-0.39, 0.29) is 6.10 Å². The maximum absolute atomic E-state index is 9.00. The standard InChI is InChI=1S/C11H10BrN5O/c1-8(6-17-7-14-15-16-17)18-11-4-10(12)3-2-9(11)5-13/h2-4,7-8H,6H2,1H3. The number of nitrogens with zero attached hydrogens (tertiary/aromatic N) is 5. The van der Waals surface area contributed by atoms with Crippen LogP contribution >= 0.6 is 15.9 Å². The SMILES string of the molecule is CC(Cn1cnnn1)Oc1cc(Br)ccc1C#N. The van der Waals surface area contributed by atoms with Crippen LogP contribution in [0.15, 0.2) is 29.0 Å². The van der Waals surface area contributed by atoms with Crippen LogP contribution < -0.4 is 4.74 Å². The zero-order valence-electron chi connectivity index (χ0n) is 9.62. The topological polar surface area (TPSA) is 76.6 Å². The zero-order valence-corrected chi connectivity index (χ0v) is 11.2. The zero-order chi connectivity index (χ0) is 13.0. The highest BCUT2D eigenvalue weighted by Crippen LogP contribution is 2.24. The summed E-state index contributed by atoms with van der Waals surface area (Å²) in [6.45, 7) is 2.41. The van der Waals surface area contributed by atoms with Crippen LogP contribution in [0.3, 0.4) is 0 Å². The average Bonchev–Trinajstić information content (AvgIpc) is 2.82. The molecule has 1 aromatic carbocycles. The molecule has 6 nitrogen and oxygen atoms in total. The molecular weight excluding hydrogens is 298 g/mol. The molecule has 0 aliphatic rings. The third-order valence-electron chi connectivity index (χ3n) is 2.23. The molecule has 1 aromatic heterocycles. The van der Waals surface area contributed by atoms with E-state index in [2.05, 4.69) is 37.5 Å². The van der Waals surface area contributed by atoms with Crippen LogP contribution in [-0.4, -0.2) is 26.3 Å². The average molecular weight is 308 g/mol. The molecule has 0 saturated carbocycles. The summed E-state index contributed by atoms with van der Waals surface area (Å²) in [6.07, 6.45) is 1.38. The van der Waals surface area contributed by atoms with Crippen molar-refractivity contribution >= 4 is 15.9 Å². The Bertz CT molecular complexity index is 563. The largest absolute Gasteiger partial charge is 0.487 e. The van der Waals surface area contributed by atoms with Crippen LogP contribution in [0.2, 0.25) is 0 Å². The Morgan fingerprint density at radius 3 is 3.06 bits per heavy atom. The van der Waals surface area contributed by atoms with Gasteiger partial charge in [0.15, 0.2) is 0 Å². The number of rotatable bonds is 4. The van der Waals surface area contributed by atoms with Gasteiger partial charge in [-0.25, -0.2) is 4.68 Å². The van der Waals surface area contributed by atoms with E-state index < -0.39 is 0 Å². The summed E-state index contributed by atoms with van der Waals surface area (Å²) >= 11 is 3.35. The Balaban J connectivity index is 2.09. The monoisotopic (exact) mass is 307 g/mol. The molecule has 2 rings (SSSR count). The first-order chi connectivity index (χ1) is 8.69. The first-order valence-electron chi connectivity index (χ1n) is 5.26. The van der Waals surface area contributed by atoms with E-state index in [4.69, 9.17) is 10.00 Å². The molecule has 1 unspecified atom stereocenters. The summed E-state index contributed by atoms with van der Waals surface area (Å²) in [5.74, 6) is 0.549. The van der Waals surface area contributed by atoms with Gasteiger partial charge in [0.25, 0.3) is 0 Å². The van der Waals surface area contributed by atoms with Gasteiger partial charge in [0.05, 0.1) is 12.1 Å². The van der Waals surface area contributed by atoms with E-state index in [0.717, 1.165) is 4.47 Å². The lowest BCUT2D eigenvalue weighted by atomic mass is 10.2. The summed E-state index contributed by atoms with van der Waals surface area (Å²) in [7, 11) is 0. The van der Waals surface area contributed by atoms with E-state index in [0.29, 0.717) is 17.9 Å². The van der Waals surface area contributed by atoms with Crippen molar-refractivity contribution in [2.24, 2.45) is 0 Å². The molecule has 0 bridgehead atoms. The minimum absolute atomic E-state index is 0.144. The molecule has 92 valence electrons. The summed E-state index contributed by atoms with van der Waals surface area (Å²) in [5, 5.41) is 19.8. The molecule has 0 amide bonds. The molecule has 1 heterocycles. The van der Waals surface area contributed by atoms with Crippen molar-refractivity contribution in [1.29, 1.82) is 5.26 Å². The van der Waals surface area contributed by atoms with Crippen LogP contribution in [0.1, 0.15) is 12.5 Å². The van der Waals surface area contributed by atoms with E-state index in [1.165, 1.54) is 6.33 Å². The predicted molar refractivity (Wildman–Crippen MR) is 66.8 cm³/mol. The summed E-state index contributed by atoms with van der Waals surface area (Å²) in [6, 6.07) is 7.38. The van der Waals surface area contributed by atoms with Crippen LogP contribution in [0.4, 0.5) is 0 Å². The Morgan fingerprint density at radius 1 is 1.56 bits per heavy atom. The lowest BCUT2D eigenvalue weighted by molar-refractivity contribution is 0.192. The Hall–Kier alpha value is -1.94. The molecule has 1 atom stereocenters. The maximum Gasteiger partial charge on any atom is 0.138 e. The van der Waals surface area contributed by atoms with Crippen LogP contribution in [0.5, 0.6) is 5.75 Å². The number of tetrazole rings is 1. The smallest absolute Gasteiger partial charge is 0.138 e. The fourth-order valence-electron chi connectivity index (χ4n) is 1.47. The molecule has 0 N–H and O–H groups in total. The van der Waals surface area contributed by atoms with Crippen LogP contribution in [0, 0.1) is 11.3 Å². The van der Waals surface area contributed by atoms with Crippen molar-refractivity contribution in [1.82, 2.24) is 20.2 Å². The first-order valence-corrected chi connectivity index (χ1v) is 6.05. The fourth-order valence-corrected chi connectivity index (χ4v) is 1.81. The molecule has 7 heteroatoms. The third kappa shape index (κ3) is 3.05. The van der Waals surface area contributed by atoms with Gasteiger partial charge in [-0.05, 0) is 35.5 Å².